The fourth-order valence-electron chi connectivity index (χ4n) is 0.403. The third-order valence-electron chi connectivity index (χ3n) is 0.896. The van der Waals surface area contributed by atoms with Gasteiger partial charge in [0.25, 0.3) is 0 Å². The Morgan fingerprint density at radius 3 is 2.25 bits per heavy atom. The fourth-order valence-corrected chi connectivity index (χ4v) is 1.21. The lowest BCUT2D eigenvalue weighted by Crippen LogP contribution is -2.46. The van der Waals surface area contributed by atoms with Gasteiger partial charge in [-0.3, -0.25) is 11.3 Å². The van der Waals surface area contributed by atoms with Crippen LogP contribution in [0.2, 0.25) is 0 Å². The molecule has 2 nitrogen and oxygen atoms in total. The molecule has 0 spiro atoms. The highest BCUT2D eigenvalue weighted by molar-refractivity contribution is 7.98. The average Bonchev–Trinajstić information content (AvgIpc) is 1.67. The molecule has 0 fully saturated rings. The highest BCUT2D eigenvalue weighted by Gasteiger charge is 2.12. The Kier molecular flexibility index (Phi) is 3.44. The lowest BCUT2D eigenvalue weighted by molar-refractivity contribution is 0.447. The van der Waals surface area contributed by atoms with Crippen LogP contribution in [0.25, 0.3) is 0 Å². The Hall–Kier alpha value is 0.270. The molecule has 0 aromatic heterocycles. The minimum absolute atomic E-state index is 0.0828. The molecule has 0 heterocycles. The van der Waals surface area contributed by atoms with Gasteiger partial charge in [-0.2, -0.15) is 11.8 Å². The van der Waals surface area contributed by atoms with Gasteiger partial charge >= 0.3 is 0 Å². The monoisotopic (exact) mass is 134 g/mol. The lowest BCUT2D eigenvalue weighted by atomic mass is 10.1. The van der Waals surface area contributed by atoms with Crippen molar-refractivity contribution in [2.75, 3.05) is 12.0 Å². The molecule has 0 atom stereocenters. The first-order valence-electron chi connectivity index (χ1n) is 2.59. The molecule has 0 aliphatic carbocycles. The van der Waals surface area contributed by atoms with Gasteiger partial charge in [-0.25, -0.2) is 0 Å². The molecular weight excluding hydrogens is 120 g/mol. The standard InChI is InChI=1S/C5H14N2S/c1-5(2,7-6)4-8-3/h7H,4,6H2,1-3H3. The van der Waals surface area contributed by atoms with Gasteiger partial charge in [0.15, 0.2) is 0 Å². The van der Waals surface area contributed by atoms with E-state index in [1.165, 1.54) is 0 Å². The molecule has 50 valence electrons. The second-order valence-corrected chi connectivity index (χ2v) is 3.33. The van der Waals surface area contributed by atoms with Gasteiger partial charge in [0.1, 0.15) is 0 Å². The van der Waals surface area contributed by atoms with Crippen molar-refractivity contribution in [2.24, 2.45) is 5.84 Å². The van der Waals surface area contributed by atoms with Crippen LogP contribution in [-0.4, -0.2) is 17.5 Å². The van der Waals surface area contributed by atoms with Crippen LogP contribution in [0.5, 0.6) is 0 Å². The molecule has 0 aliphatic rings. The summed E-state index contributed by atoms with van der Waals surface area (Å²) in [5.74, 6) is 6.27. The maximum Gasteiger partial charge on any atom is 0.0355 e. The van der Waals surface area contributed by atoms with Gasteiger partial charge < -0.3 is 0 Å². The van der Waals surface area contributed by atoms with E-state index in [4.69, 9.17) is 5.84 Å². The van der Waals surface area contributed by atoms with Crippen molar-refractivity contribution in [1.29, 1.82) is 0 Å². The highest BCUT2D eigenvalue weighted by atomic mass is 32.2. The second-order valence-electron chi connectivity index (χ2n) is 2.46. The van der Waals surface area contributed by atoms with Crippen LogP contribution in [0.15, 0.2) is 0 Å². The van der Waals surface area contributed by atoms with E-state index in [0.717, 1.165) is 5.75 Å². The number of hydrogen-bond acceptors (Lipinski definition) is 3. The quantitative estimate of drug-likeness (QED) is 0.438. The lowest BCUT2D eigenvalue weighted by Gasteiger charge is -2.21. The first-order valence-corrected chi connectivity index (χ1v) is 3.98. The predicted molar refractivity (Wildman–Crippen MR) is 39.8 cm³/mol. The number of nitrogens with two attached hydrogens (primary N) is 1. The normalized spacial score (nSPS) is 12.0. The van der Waals surface area contributed by atoms with Crippen molar-refractivity contribution in [3.05, 3.63) is 0 Å². The van der Waals surface area contributed by atoms with Crippen LogP contribution in [0.1, 0.15) is 13.8 Å². The topological polar surface area (TPSA) is 38.0 Å². The molecule has 3 heteroatoms. The largest absolute Gasteiger partial charge is 0.271 e. The van der Waals surface area contributed by atoms with Crippen LogP contribution >= 0.6 is 11.8 Å². The van der Waals surface area contributed by atoms with Crippen molar-refractivity contribution in [3.63, 3.8) is 0 Å². The van der Waals surface area contributed by atoms with Crippen LogP contribution in [-0.2, 0) is 0 Å². The summed E-state index contributed by atoms with van der Waals surface area (Å²) in [4.78, 5) is 0. The first-order chi connectivity index (χ1) is 3.62. The van der Waals surface area contributed by atoms with Crippen molar-refractivity contribution < 1.29 is 0 Å². The molecule has 0 saturated carbocycles. The number of hydrazine groups is 1. The van der Waals surface area contributed by atoms with Crippen LogP contribution in [0, 0.1) is 0 Å². The van der Waals surface area contributed by atoms with Crippen molar-refractivity contribution in [2.45, 2.75) is 19.4 Å². The Bertz CT molecular complexity index is 63.4. The van der Waals surface area contributed by atoms with Gasteiger partial charge in [0, 0.05) is 11.3 Å². The molecule has 0 saturated heterocycles. The molecule has 3 N–H and O–H groups in total. The van der Waals surface area contributed by atoms with Crippen LogP contribution in [0.3, 0.4) is 0 Å². The summed E-state index contributed by atoms with van der Waals surface area (Å²) in [7, 11) is 0. The molecule has 0 amide bonds. The number of hydrogen-bond donors (Lipinski definition) is 2. The Morgan fingerprint density at radius 2 is 2.12 bits per heavy atom. The number of thioether (sulfide) groups is 1. The van der Waals surface area contributed by atoms with E-state index < -0.39 is 0 Å². The molecule has 0 unspecified atom stereocenters. The van der Waals surface area contributed by atoms with Crippen molar-refractivity contribution in [3.8, 4) is 0 Å². The van der Waals surface area contributed by atoms with E-state index in [2.05, 4.69) is 25.5 Å². The maximum atomic E-state index is 5.23. The Labute approximate surface area is 55.2 Å². The fraction of sp³-hybridized carbons (Fsp3) is 1.00. The summed E-state index contributed by atoms with van der Waals surface area (Å²) in [6, 6.07) is 0. The summed E-state index contributed by atoms with van der Waals surface area (Å²) in [5, 5.41) is 0. The van der Waals surface area contributed by atoms with E-state index in [1.54, 1.807) is 11.8 Å². The summed E-state index contributed by atoms with van der Waals surface area (Å²) in [6.45, 7) is 4.15. The average molecular weight is 134 g/mol. The van der Waals surface area contributed by atoms with Crippen molar-refractivity contribution in [1.82, 2.24) is 5.43 Å². The zero-order valence-electron chi connectivity index (χ0n) is 5.69. The van der Waals surface area contributed by atoms with E-state index in [1.807, 2.05) is 0 Å². The molecule has 0 bridgehead atoms. The van der Waals surface area contributed by atoms with Gasteiger partial charge in [-0.15, -0.1) is 0 Å². The van der Waals surface area contributed by atoms with E-state index >= 15 is 0 Å². The summed E-state index contributed by atoms with van der Waals surface area (Å²) in [5.41, 5.74) is 2.80. The SMILES string of the molecule is CSCC(C)(C)NN. The third kappa shape index (κ3) is 3.29. The van der Waals surface area contributed by atoms with Gasteiger partial charge in [0.2, 0.25) is 0 Å². The van der Waals surface area contributed by atoms with E-state index in [0.29, 0.717) is 0 Å². The number of nitrogens with one attached hydrogen (secondary N) is 1. The molecule has 0 rings (SSSR count). The molecular formula is C5H14N2S. The Balaban J connectivity index is 3.37. The second kappa shape index (κ2) is 3.33. The van der Waals surface area contributed by atoms with E-state index in [9.17, 15) is 0 Å². The molecule has 0 radical (unpaired) electrons. The van der Waals surface area contributed by atoms with Gasteiger partial charge in [-0.1, -0.05) is 0 Å². The summed E-state index contributed by atoms with van der Waals surface area (Å²) < 4.78 is 0. The molecule has 0 aromatic carbocycles. The predicted octanol–water partition coefficient (Wildman–Crippen LogP) is 0.591. The molecule has 0 aromatic rings. The smallest absolute Gasteiger partial charge is 0.0355 e. The zero-order chi connectivity index (χ0) is 6.62. The zero-order valence-corrected chi connectivity index (χ0v) is 6.51. The van der Waals surface area contributed by atoms with Crippen LogP contribution in [0.4, 0.5) is 0 Å². The first kappa shape index (κ1) is 8.27. The highest BCUT2D eigenvalue weighted by Crippen LogP contribution is 2.06. The summed E-state index contributed by atoms with van der Waals surface area (Å²) >= 11 is 1.79. The van der Waals surface area contributed by atoms with E-state index in [-0.39, 0.29) is 5.54 Å². The molecule has 0 aliphatic heterocycles. The minimum Gasteiger partial charge on any atom is -0.271 e. The van der Waals surface area contributed by atoms with Gasteiger partial charge in [-0.05, 0) is 20.1 Å². The third-order valence-corrected chi connectivity index (χ3v) is 1.91. The van der Waals surface area contributed by atoms with Crippen molar-refractivity contribution >= 4 is 11.8 Å². The summed E-state index contributed by atoms with van der Waals surface area (Å²) in [6.07, 6.45) is 2.07. The van der Waals surface area contributed by atoms with Crippen LogP contribution < -0.4 is 11.3 Å². The minimum atomic E-state index is 0.0828. The number of rotatable bonds is 3. The Morgan fingerprint density at radius 1 is 1.62 bits per heavy atom. The van der Waals surface area contributed by atoms with Gasteiger partial charge in [0.05, 0.1) is 0 Å². The maximum absolute atomic E-state index is 5.23. The molecule has 8 heavy (non-hydrogen) atoms.